The lowest BCUT2D eigenvalue weighted by Crippen LogP contribution is -2.14. The number of nitrogens with one attached hydrogen (secondary N) is 2. The fourth-order valence-electron chi connectivity index (χ4n) is 2.73. The molecule has 2 heterocycles. The molecule has 0 unspecified atom stereocenters. The van der Waals surface area contributed by atoms with Crippen LogP contribution in [0.25, 0.3) is 11.0 Å². The number of carbonyl (C=O) groups excluding carboxylic acids is 1. The number of sulfonamides is 1. The molecule has 0 saturated heterocycles. The molecular weight excluding hydrogens is 430 g/mol. The van der Waals surface area contributed by atoms with Gasteiger partial charge in [-0.3, -0.25) is 4.79 Å². The molecular formula is C20H16ClN3O5S. The van der Waals surface area contributed by atoms with Crippen molar-refractivity contribution in [2.45, 2.75) is 18.7 Å². The fraction of sp³-hybridized carbons (Fsp3) is 0.100. The second-order valence-corrected chi connectivity index (χ2v) is 8.72. The van der Waals surface area contributed by atoms with Crippen molar-refractivity contribution in [1.82, 2.24) is 5.16 Å². The molecule has 0 aliphatic heterocycles. The molecule has 30 heavy (non-hydrogen) atoms. The molecule has 0 fully saturated rings. The number of fused-ring (bicyclic) bond motifs is 1. The van der Waals surface area contributed by atoms with Gasteiger partial charge in [-0.15, -0.1) is 0 Å². The zero-order valence-corrected chi connectivity index (χ0v) is 17.5. The van der Waals surface area contributed by atoms with Gasteiger partial charge in [0, 0.05) is 21.7 Å². The molecule has 0 aliphatic rings. The highest BCUT2D eigenvalue weighted by atomic mass is 35.5. The first kappa shape index (κ1) is 20.0. The second kappa shape index (κ2) is 7.51. The van der Waals surface area contributed by atoms with Crippen LogP contribution >= 0.6 is 11.6 Å². The summed E-state index contributed by atoms with van der Waals surface area (Å²) in [4.78, 5) is 12.5. The summed E-state index contributed by atoms with van der Waals surface area (Å²) in [6.45, 7) is 3.42. The van der Waals surface area contributed by atoms with Crippen LogP contribution < -0.4 is 10.0 Å². The summed E-state index contributed by atoms with van der Waals surface area (Å²) >= 11 is 5.94. The summed E-state index contributed by atoms with van der Waals surface area (Å²) in [5.41, 5.74) is 2.15. The van der Waals surface area contributed by atoms with E-state index in [-0.39, 0.29) is 16.5 Å². The smallest absolute Gasteiger partial charge is 0.291 e. The van der Waals surface area contributed by atoms with Gasteiger partial charge in [0.15, 0.2) is 5.76 Å². The Morgan fingerprint density at radius 1 is 1.07 bits per heavy atom. The van der Waals surface area contributed by atoms with Gasteiger partial charge >= 0.3 is 0 Å². The van der Waals surface area contributed by atoms with Crippen molar-refractivity contribution < 1.29 is 22.2 Å². The van der Waals surface area contributed by atoms with Gasteiger partial charge in [-0.25, -0.2) is 13.1 Å². The van der Waals surface area contributed by atoms with Gasteiger partial charge < -0.3 is 14.3 Å². The summed E-state index contributed by atoms with van der Waals surface area (Å²) in [5, 5.41) is 7.63. The topological polar surface area (TPSA) is 114 Å². The number of halogens is 1. The second-order valence-electron chi connectivity index (χ2n) is 6.60. The summed E-state index contributed by atoms with van der Waals surface area (Å²) in [6, 6.07) is 12.3. The van der Waals surface area contributed by atoms with Crippen LogP contribution in [-0.4, -0.2) is 19.5 Å². The number of anilines is 2. The van der Waals surface area contributed by atoms with E-state index in [2.05, 4.69) is 15.2 Å². The number of furan rings is 1. The molecule has 0 radical (unpaired) electrons. The number of carbonyl (C=O) groups is 1. The fourth-order valence-corrected chi connectivity index (χ4v) is 3.95. The van der Waals surface area contributed by atoms with Gasteiger partial charge in [-0.05, 0) is 62.4 Å². The maximum Gasteiger partial charge on any atom is 0.291 e. The Morgan fingerprint density at radius 2 is 1.80 bits per heavy atom. The molecule has 4 rings (SSSR count). The van der Waals surface area contributed by atoms with E-state index in [1.165, 1.54) is 24.3 Å². The third-order valence-corrected chi connectivity index (χ3v) is 6.09. The number of nitrogens with zero attached hydrogens (tertiary/aromatic N) is 1. The van der Waals surface area contributed by atoms with E-state index in [1.807, 2.05) is 0 Å². The van der Waals surface area contributed by atoms with Gasteiger partial charge in [-0.1, -0.05) is 16.8 Å². The lowest BCUT2D eigenvalue weighted by atomic mass is 10.2. The minimum Gasteiger partial charge on any atom is -0.451 e. The van der Waals surface area contributed by atoms with Crippen LogP contribution in [0, 0.1) is 13.8 Å². The van der Waals surface area contributed by atoms with Crippen LogP contribution in [0.4, 0.5) is 11.6 Å². The SMILES string of the molecule is Cc1noc(NS(=O)(=O)c2ccc(NC(=O)c3cc4cc(Cl)ccc4o3)cc2)c1C. The standard InChI is InChI=1S/C20H16ClN3O5S/c1-11-12(2)23-29-20(11)24-30(26,27)16-6-4-15(5-7-16)22-19(25)18-10-13-9-14(21)3-8-17(13)28-18/h3-10,24H,1-2H3,(H,22,25). The Morgan fingerprint density at radius 3 is 2.47 bits per heavy atom. The Balaban J connectivity index is 1.49. The van der Waals surface area contributed by atoms with Gasteiger partial charge in [0.1, 0.15) is 5.58 Å². The Kier molecular flexibility index (Phi) is 5.00. The quantitative estimate of drug-likeness (QED) is 0.458. The van der Waals surface area contributed by atoms with Crippen molar-refractivity contribution in [2.75, 3.05) is 10.0 Å². The third kappa shape index (κ3) is 3.89. The first-order valence-electron chi connectivity index (χ1n) is 8.79. The average Bonchev–Trinajstić information content (AvgIpc) is 3.26. The van der Waals surface area contributed by atoms with E-state index in [4.69, 9.17) is 20.5 Å². The van der Waals surface area contributed by atoms with Crippen LogP contribution in [0.5, 0.6) is 0 Å². The number of benzene rings is 2. The number of hydrogen-bond donors (Lipinski definition) is 2. The molecule has 0 atom stereocenters. The van der Waals surface area contributed by atoms with Crippen molar-refractivity contribution in [1.29, 1.82) is 0 Å². The van der Waals surface area contributed by atoms with Crippen LogP contribution in [0.2, 0.25) is 5.02 Å². The maximum atomic E-state index is 12.5. The maximum absolute atomic E-state index is 12.5. The Bertz CT molecular complexity index is 1360. The van der Waals surface area contributed by atoms with E-state index >= 15 is 0 Å². The minimum atomic E-state index is -3.87. The molecule has 4 aromatic rings. The molecule has 2 aromatic heterocycles. The van der Waals surface area contributed by atoms with Crippen LogP contribution in [0.15, 0.2) is 62.4 Å². The predicted molar refractivity (Wildman–Crippen MR) is 112 cm³/mol. The highest BCUT2D eigenvalue weighted by Gasteiger charge is 2.19. The highest BCUT2D eigenvalue weighted by Crippen LogP contribution is 2.25. The molecule has 0 saturated carbocycles. The predicted octanol–water partition coefficient (Wildman–Crippen LogP) is 4.74. The summed E-state index contributed by atoms with van der Waals surface area (Å²) in [7, 11) is -3.87. The van der Waals surface area contributed by atoms with Crippen molar-refractivity contribution >= 4 is 50.1 Å². The molecule has 0 aliphatic carbocycles. The molecule has 0 spiro atoms. The minimum absolute atomic E-state index is 0.00679. The van der Waals surface area contributed by atoms with Crippen LogP contribution in [0.1, 0.15) is 21.8 Å². The molecule has 8 nitrogen and oxygen atoms in total. The van der Waals surface area contributed by atoms with Crippen LogP contribution in [0.3, 0.4) is 0 Å². The summed E-state index contributed by atoms with van der Waals surface area (Å²) in [5.74, 6) is -0.291. The molecule has 0 bridgehead atoms. The number of amides is 1. The van der Waals surface area contributed by atoms with Crippen molar-refractivity contribution in [2.24, 2.45) is 0 Å². The van der Waals surface area contributed by atoms with Crippen molar-refractivity contribution in [3.63, 3.8) is 0 Å². The largest absolute Gasteiger partial charge is 0.451 e. The third-order valence-electron chi connectivity index (χ3n) is 4.51. The van der Waals surface area contributed by atoms with E-state index < -0.39 is 15.9 Å². The Labute approximate surface area is 176 Å². The van der Waals surface area contributed by atoms with Crippen molar-refractivity contribution in [3.8, 4) is 0 Å². The van der Waals surface area contributed by atoms with Crippen LogP contribution in [-0.2, 0) is 10.0 Å². The van der Waals surface area contributed by atoms with Gasteiger partial charge in [0.05, 0.1) is 10.6 Å². The van der Waals surface area contributed by atoms with Gasteiger partial charge in [0.25, 0.3) is 15.9 Å². The summed E-state index contributed by atoms with van der Waals surface area (Å²) < 4.78 is 37.9. The first-order chi connectivity index (χ1) is 14.2. The van der Waals surface area contributed by atoms with E-state index in [1.54, 1.807) is 38.1 Å². The highest BCUT2D eigenvalue weighted by molar-refractivity contribution is 7.92. The number of aryl methyl sites for hydroxylation is 1. The number of rotatable bonds is 5. The monoisotopic (exact) mass is 445 g/mol. The zero-order valence-electron chi connectivity index (χ0n) is 15.9. The molecule has 154 valence electrons. The lowest BCUT2D eigenvalue weighted by Gasteiger charge is -2.07. The summed E-state index contributed by atoms with van der Waals surface area (Å²) in [6.07, 6.45) is 0. The molecule has 2 N–H and O–H groups in total. The molecule has 2 aromatic carbocycles. The van der Waals surface area contributed by atoms with Crippen molar-refractivity contribution in [3.05, 3.63) is 70.6 Å². The van der Waals surface area contributed by atoms with Gasteiger partial charge in [0.2, 0.25) is 5.88 Å². The normalized spacial score (nSPS) is 11.6. The Hall–Kier alpha value is -3.30. The van der Waals surface area contributed by atoms with E-state index in [9.17, 15) is 13.2 Å². The average molecular weight is 446 g/mol. The first-order valence-corrected chi connectivity index (χ1v) is 10.7. The van der Waals surface area contributed by atoms with E-state index in [0.29, 0.717) is 32.9 Å². The molecule has 10 heteroatoms. The van der Waals surface area contributed by atoms with E-state index in [0.717, 1.165) is 0 Å². The molecule has 1 amide bonds. The lowest BCUT2D eigenvalue weighted by molar-refractivity contribution is 0.0998. The number of hydrogen-bond acceptors (Lipinski definition) is 6. The zero-order chi connectivity index (χ0) is 21.5. The number of aromatic nitrogens is 1. The van der Waals surface area contributed by atoms with Gasteiger partial charge in [-0.2, -0.15) is 0 Å².